The Bertz CT molecular complexity index is 603. The second-order valence-corrected chi connectivity index (χ2v) is 7.49. The highest BCUT2D eigenvalue weighted by atomic mass is 35.5. The van der Waals surface area contributed by atoms with E-state index in [1.165, 1.54) is 18.2 Å². The van der Waals surface area contributed by atoms with Gasteiger partial charge in [-0.25, -0.2) is 13.1 Å². The van der Waals surface area contributed by atoms with Crippen molar-refractivity contribution in [2.75, 3.05) is 19.8 Å². The summed E-state index contributed by atoms with van der Waals surface area (Å²) in [4.78, 5) is 0.190. The van der Waals surface area contributed by atoms with Crippen LogP contribution in [-0.4, -0.2) is 33.2 Å². The fourth-order valence-corrected chi connectivity index (χ4v) is 3.13. The van der Waals surface area contributed by atoms with Crippen LogP contribution in [0.1, 0.15) is 19.4 Å². The number of hydrogen-bond donors (Lipinski definition) is 2. The van der Waals surface area contributed by atoms with Crippen LogP contribution < -0.4 is 10.5 Å². The first-order chi connectivity index (χ1) is 9.74. The Morgan fingerprint density at radius 3 is 2.67 bits per heavy atom. The fourth-order valence-electron chi connectivity index (χ4n) is 1.51. The molecule has 3 N–H and O–H groups in total. The molecule has 0 bridgehead atoms. The zero-order valence-corrected chi connectivity index (χ0v) is 14.3. The number of thiocarbonyl (C=S) groups is 1. The normalized spacial score (nSPS) is 11.8. The molecule has 0 aliphatic carbocycles. The first kappa shape index (κ1) is 18.3. The molecule has 1 aromatic rings. The smallest absolute Gasteiger partial charge is 0.240 e. The first-order valence-corrected chi connectivity index (χ1v) is 8.67. The van der Waals surface area contributed by atoms with Gasteiger partial charge in [0.05, 0.1) is 16.5 Å². The van der Waals surface area contributed by atoms with Gasteiger partial charge < -0.3 is 10.5 Å². The number of nitrogens with one attached hydrogen (secondary N) is 1. The van der Waals surface area contributed by atoms with Gasteiger partial charge in [0, 0.05) is 18.7 Å². The van der Waals surface area contributed by atoms with E-state index in [0.29, 0.717) is 24.7 Å². The average molecular weight is 351 g/mol. The van der Waals surface area contributed by atoms with Crippen LogP contribution in [0.15, 0.2) is 23.1 Å². The fraction of sp³-hybridized carbons (Fsp3) is 0.462. The molecular formula is C13H19ClN2O3S2. The molecule has 0 atom stereocenters. The van der Waals surface area contributed by atoms with Crippen molar-refractivity contribution >= 4 is 38.8 Å². The second-order valence-electron chi connectivity index (χ2n) is 4.87. The van der Waals surface area contributed by atoms with Gasteiger partial charge in [-0.3, -0.25) is 0 Å². The van der Waals surface area contributed by atoms with Gasteiger partial charge in [0.15, 0.2) is 0 Å². The molecule has 0 amide bonds. The maximum atomic E-state index is 12.1. The van der Waals surface area contributed by atoms with E-state index in [9.17, 15) is 8.42 Å². The Labute approximate surface area is 135 Å². The van der Waals surface area contributed by atoms with Crippen LogP contribution in [0, 0.1) is 5.92 Å². The minimum atomic E-state index is -3.62. The van der Waals surface area contributed by atoms with Crippen molar-refractivity contribution in [1.82, 2.24) is 4.72 Å². The van der Waals surface area contributed by atoms with Crippen molar-refractivity contribution in [2.45, 2.75) is 18.7 Å². The molecule has 0 saturated carbocycles. The summed E-state index contributed by atoms with van der Waals surface area (Å²) in [5, 5.41) is 0.210. The summed E-state index contributed by atoms with van der Waals surface area (Å²) in [6, 6.07) is 4.24. The van der Waals surface area contributed by atoms with Gasteiger partial charge in [-0.2, -0.15) is 0 Å². The molecule has 0 fully saturated rings. The number of nitrogens with two attached hydrogens (primary N) is 1. The summed E-state index contributed by atoms with van der Waals surface area (Å²) in [7, 11) is -3.62. The molecule has 118 valence electrons. The first-order valence-electron chi connectivity index (χ1n) is 6.41. The van der Waals surface area contributed by atoms with Crippen LogP contribution in [0.2, 0.25) is 5.02 Å². The minimum absolute atomic E-state index is 0.0661. The van der Waals surface area contributed by atoms with Crippen LogP contribution in [-0.2, 0) is 14.8 Å². The number of sulfonamides is 1. The van der Waals surface area contributed by atoms with E-state index in [1.54, 1.807) is 0 Å². The van der Waals surface area contributed by atoms with Gasteiger partial charge in [0.25, 0.3) is 0 Å². The van der Waals surface area contributed by atoms with Crippen molar-refractivity contribution in [3.05, 3.63) is 28.8 Å². The Morgan fingerprint density at radius 1 is 1.48 bits per heavy atom. The molecule has 0 heterocycles. The van der Waals surface area contributed by atoms with Gasteiger partial charge in [-0.1, -0.05) is 37.7 Å². The second kappa shape index (κ2) is 8.05. The maximum Gasteiger partial charge on any atom is 0.240 e. The lowest BCUT2D eigenvalue weighted by Crippen LogP contribution is -2.28. The molecule has 21 heavy (non-hydrogen) atoms. The molecule has 0 aromatic heterocycles. The predicted molar refractivity (Wildman–Crippen MR) is 88.2 cm³/mol. The summed E-state index contributed by atoms with van der Waals surface area (Å²) in [5.41, 5.74) is 5.93. The Hall–Kier alpha value is -0.730. The van der Waals surface area contributed by atoms with Gasteiger partial charge in [-0.05, 0) is 24.1 Å². The summed E-state index contributed by atoms with van der Waals surface area (Å²) >= 11 is 10.8. The Kier molecular flexibility index (Phi) is 7.02. The molecule has 0 saturated heterocycles. The van der Waals surface area contributed by atoms with Crippen molar-refractivity contribution in [1.29, 1.82) is 0 Å². The highest BCUT2D eigenvalue weighted by Crippen LogP contribution is 2.20. The topological polar surface area (TPSA) is 81.4 Å². The van der Waals surface area contributed by atoms with Crippen molar-refractivity contribution in [3.8, 4) is 0 Å². The van der Waals surface area contributed by atoms with Gasteiger partial charge in [0.2, 0.25) is 10.0 Å². The number of rotatable bonds is 8. The Balaban J connectivity index is 2.66. The highest BCUT2D eigenvalue weighted by Gasteiger charge is 2.15. The third-order valence-corrected chi connectivity index (χ3v) is 4.50. The van der Waals surface area contributed by atoms with E-state index in [1.807, 2.05) is 13.8 Å². The lowest BCUT2D eigenvalue weighted by molar-refractivity contribution is 0.114. The maximum absolute atomic E-state index is 12.1. The SMILES string of the molecule is CC(C)COCCNS(=O)(=O)c1ccc(C(N)=S)c(Cl)c1. The minimum Gasteiger partial charge on any atom is -0.389 e. The molecule has 1 rings (SSSR count). The molecule has 8 heteroatoms. The van der Waals surface area contributed by atoms with Crippen LogP contribution in [0.3, 0.4) is 0 Å². The molecule has 1 aromatic carbocycles. The van der Waals surface area contributed by atoms with Crippen LogP contribution in [0.4, 0.5) is 0 Å². The molecule has 0 aliphatic heterocycles. The molecule has 0 spiro atoms. The summed E-state index contributed by atoms with van der Waals surface area (Å²) in [6.07, 6.45) is 0. The van der Waals surface area contributed by atoms with Crippen LogP contribution in [0.25, 0.3) is 0 Å². The summed E-state index contributed by atoms with van der Waals surface area (Å²) in [5.74, 6) is 0.410. The third kappa shape index (κ3) is 5.88. The largest absolute Gasteiger partial charge is 0.389 e. The van der Waals surface area contributed by atoms with Gasteiger partial charge >= 0.3 is 0 Å². The Morgan fingerprint density at radius 2 is 2.14 bits per heavy atom. The summed E-state index contributed by atoms with van der Waals surface area (Å²) < 4.78 is 31.9. The quantitative estimate of drug-likeness (QED) is 0.553. The average Bonchev–Trinajstić information content (AvgIpc) is 2.37. The molecular weight excluding hydrogens is 332 g/mol. The predicted octanol–water partition coefficient (Wildman–Crippen LogP) is 1.93. The van der Waals surface area contributed by atoms with Gasteiger partial charge in [0.1, 0.15) is 4.99 Å². The lowest BCUT2D eigenvalue weighted by atomic mass is 10.2. The number of benzene rings is 1. The number of halogens is 1. The zero-order chi connectivity index (χ0) is 16.0. The number of ether oxygens (including phenoxy) is 1. The zero-order valence-electron chi connectivity index (χ0n) is 11.9. The molecule has 0 unspecified atom stereocenters. The van der Waals surface area contributed by atoms with E-state index >= 15 is 0 Å². The summed E-state index contributed by atoms with van der Waals surface area (Å²) in [6.45, 7) is 5.15. The van der Waals surface area contributed by atoms with Crippen molar-refractivity contribution in [2.24, 2.45) is 11.7 Å². The van der Waals surface area contributed by atoms with Crippen molar-refractivity contribution < 1.29 is 13.2 Å². The van der Waals surface area contributed by atoms with E-state index in [0.717, 1.165) is 0 Å². The van der Waals surface area contributed by atoms with E-state index in [2.05, 4.69) is 4.72 Å². The van der Waals surface area contributed by atoms with Crippen molar-refractivity contribution in [3.63, 3.8) is 0 Å². The van der Waals surface area contributed by atoms with Gasteiger partial charge in [-0.15, -0.1) is 0 Å². The van der Waals surface area contributed by atoms with E-state index in [4.69, 9.17) is 34.3 Å². The van der Waals surface area contributed by atoms with E-state index < -0.39 is 10.0 Å². The van der Waals surface area contributed by atoms with Crippen LogP contribution >= 0.6 is 23.8 Å². The molecule has 0 aliphatic rings. The monoisotopic (exact) mass is 350 g/mol. The number of hydrogen-bond acceptors (Lipinski definition) is 4. The molecule has 5 nitrogen and oxygen atoms in total. The highest BCUT2D eigenvalue weighted by molar-refractivity contribution is 7.89. The van der Waals surface area contributed by atoms with E-state index in [-0.39, 0.29) is 21.5 Å². The third-order valence-electron chi connectivity index (χ3n) is 2.51. The lowest BCUT2D eigenvalue weighted by Gasteiger charge is -2.10. The van der Waals surface area contributed by atoms with Crippen LogP contribution in [0.5, 0.6) is 0 Å². The standard InChI is InChI=1S/C13H19ClN2O3S2/c1-9(2)8-19-6-5-16-21(17,18)10-3-4-11(13(15)20)12(14)7-10/h3-4,7,9,16H,5-6,8H2,1-2H3,(H2,15,20). The molecule has 0 radical (unpaired) electrons.